The lowest BCUT2D eigenvalue weighted by atomic mass is 9.85. The molecule has 0 spiro atoms. The average Bonchev–Trinajstić information content (AvgIpc) is 2.95. The van der Waals surface area contributed by atoms with Crippen molar-refractivity contribution < 1.29 is 14.3 Å². The van der Waals surface area contributed by atoms with Gasteiger partial charge in [0.2, 0.25) is 0 Å². The van der Waals surface area contributed by atoms with E-state index < -0.39 is 5.97 Å². The Morgan fingerprint density at radius 3 is 2.86 bits per heavy atom. The first-order chi connectivity index (χ1) is 10.6. The molecule has 2 N–H and O–H groups in total. The summed E-state index contributed by atoms with van der Waals surface area (Å²) >= 11 is 0. The van der Waals surface area contributed by atoms with Gasteiger partial charge in [-0.3, -0.25) is 4.40 Å². The second kappa shape index (κ2) is 5.92. The molecule has 0 aliphatic heterocycles. The van der Waals surface area contributed by atoms with Crippen molar-refractivity contribution in [2.24, 2.45) is 5.73 Å². The van der Waals surface area contributed by atoms with E-state index in [0.717, 1.165) is 31.5 Å². The molecule has 7 heteroatoms. The first-order valence-corrected chi connectivity index (χ1v) is 7.40. The molecule has 0 saturated heterocycles. The van der Waals surface area contributed by atoms with Gasteiger partial charge in [-0.2, -0.15) is 0 Å². The van der Waals surface area contributed by atoms with Gasteiger partial charge in [0.05, 0.1) is 14.2 Å². The van der Waals surface area contributed by atoms with E-state index in [0.29, 0.717) is 17.0 Å². The van der Waals surface area contributed by atoms with Crippen LogP contribution < -0.4 is 10.5 Å². The van der Waals surface area contributed by atoms with Gasteiger partial charge in [-0.1, -0.05) is 6.42 Å². The fraction of sp³-hybridized carbons (Fsp3) is 0.533. The highest BCUT2D eigenvalue weighted by atomic mass is 16.5. The molecule has 0 radical (unpaired) electrons. The van der Waals surface area contributed by atoms with Crippen molar-refractivity contribution >= 4 is 11.6 Å². The van der Waals surface area contributed by atoms with Gasteiger partial charge < -0.3 is 15.2 Å². The van der Waals surface area contributed by atoms with Crippen LogP contribution in [0, 0.1) is 0 Å². The molecule has 1 aliphatic rings. The lowest BCUT2D eigenvalue weighted by molar-refractivity contribution is 0.0596. The molecular weight excluding hydrogens is 284 g/mol. The summed E-state index contributed by atoms with van der Waals surface area (Å²) in [5.41, 5.74) is 7.08. The highest BCUT2D eigenvalue weighted by molar-refractivity contribution is 5.92. The number of rotatable bonds is 3. The highest BCUT2D eigenvalue weighted by Crippen LogP contribution is 2.32. The Hall–Kier alpha value is -2.15. The van der Waals surface area contributed by atoms with Crippen molar-refractivity contribution in [1.82, 2.24) is 14.6 Å². The van der Waals surface area contributed by atoms with Gasteiger partial charge in [-0.25, -0.2) is 4.79 Å². The molecule has 22 heavy (non-hydrogen) atoms. The minimum atomic E-state index is -0.446. The third-order valence-corrected chi connectivity index (χ3v) is 4.24. The number of pyridine rings is 1. The van der Waals surface area contributed by atoms with Gasteiger partial charge in [0.1, 0.15) is 17.1 Å². The molecule has 0 aromatic carbocycles. The number of aromatic nitrogens is 3. The van der Waals surface area contributed by atoms with Crippen LogP contribution in [-0.2, 0) is 4.74 Å². The van der Waals surface area contributed by atoms with Gasteiger partial charge in [0.15, 0.2) is 5.65 Å². The van der Waals surface area contributed by atoms with Gasteiger partial charge in [0, 0.05) is 24.2 Å². The molecule has 0 bridgehead atoms. The minimum Gasteiger partial charge on any atom is -0.496 e. The van der Waals surface area contributed by atoms with Gasteiger partial charge in [0.25, 0.3) is 0 Å². The quantitative estimate of drug-likeness (QED) is 0.864. The summed E-state index contributed by atoms with van der Waals surface area (Å²) < 4.78 is 11.9. The van der Waals surface area contributed by atoms with Crippen LogP contribution in [0.5, 0.6) is 5.75 Å². The zero-order valence-electron chi connectivity index (χ0n) is 12.8. The summed E-state index contributed by atoms with van der Waals surface area (Å²) in [6, 6.07) is 1.90. The maximum atomic E-state index is 11.9. The maximum absolute atomic E-state index is 11.9. The number of ether oxygens (including phenoxy) is 2. The van der Waals surface area contributed by atoms with Crippen LogP contribution in [0.1, 0.15) is 47.8 Å². The number of hydrogen-bond donors (Lipinski definition) is 1. The third-order valence-electron chi connectivity index (χ3n) is 4.24. The fourth-order valence-corrected chi connectivity index (χ4v) is 3.11. The van der Waals surface area contributed by atoms with Crippen molar-refractivity contribution in [1.29, 1.82) is 0 Å². The van der Waals surface area contributed by atoms with Crippen LogP contribution >= 0.6 is 0 Å². The van der Waals surface area contributed by atoms with E-state index in [9.17, 15) is 4.79 Å². The number of methoxy groups -OCH3 is 2. The number of nitrogens with zero attached hydrogens (tertiary/aromatic N) is 3. The van der Waals surface area contributed by atoms with E-state index in [1.165, 1.54) is 14.2 Å². The standard InChI is InChI=1S/C15H20N4O3/c1-21-12-7-13-17-18-14(9-4-3-5-10(16)6-9)19(13)8-11(12)15(20)22-2/h7-10H,3-6,16H2,1-2H3/t9-,10+/m0/s1. The summed E-state index contributed by atoms with van der Waals surface area (Å²) in [5, 5.41) is 8.50. The molecule has 2 heterocycles. The summed E-state index contributed by atoms with van der Waals surface area (Å²) in [5.74, 6) is 1.09. The molecule has 118 valence electrons. The van der Waals surface area contributed by atoms with Crippen LogP contribution in [0.2, 0.25) is 0 Å². The lowest BCUT2D eigenvalue weighted by Gasteiger charge is -2.25. The van der Waals surface area contributed by atoms with E-state index in [4.69, 9.17) is 15.2 Å². The normalized spacial score (nSPS) is 21.8. The number of carbonyl (C=O) groups excluding carboxylic acids is 1. The first kappa shape index (κ1) is 14.8. The molecule has 2 atom stereocenters. The predicted molar refractivity (Wildman–Crippen MR) is 80.1 cm³/mol. The molecule has 7 nitrogen and oxygen atoms in total. The lowest BCUT2D eigenvalue weighted by Crippen LogP contribution is -2.27. The monoisotopic (exact) mass is 304 g/mol. The number of esters is 1. The first-order valence-electron chi connectivity index (χ1n) is 7.40. The molecule has 0 unspecified atom stereocenters. The topological polar surface area (TPSA) is 91.7 Å². The third kappa shape index (κ3) is 2.52. The number of carbonyl (C=O) groups is 1. The molecule has 2 aromatic rings. The average molecular weight is 304 g/mol. The van der Waals surface area contributed by atoms with E-state index >= 15 is 0 Å². The zero-order chi connectivity index (χ0) is 15.7. The predicted octanol–water partition coefficient (Wildman–Crippen LogP) is 1.51. The molecule has 1 fully saturated rings. The summed E-state index contributed by atoms with van der Waals surface area (Å²) in [7, 11) is 2.86. The number of hydrogen-bond acceptors (Lipinski definition) is 6. The highest BCUT2D eigenvalue weighted by Gasteiger charge is 2.26. The van der Waals surface area contributed by atoms with E-state index in [-0.39, 0.29) is 12.0 Å². The van der Waals surface area contributed by atoms with Crippen LogP contribution in [0.15, 0.2) is 12.3 Å². The van der Waals surface area contributed by atoms with Crippen molar-refractivity contribution in [3.05, 3.63) is 23.7 Å². The van der Waals surface area contributed by atoms with Crippen molar-refractivity contribution in [2.75, 3.05) is 14.2 Å². The molecule has 1 aliphatic carbocycles. The second-order valence-corrected chi connectivity index (χ2v) is 5.66. The maximum Gasteiger partial charge on any atom is 0.343 e. The van der Waals surface area contributed by atoms with Gasteiger partial charge in [-0.05, 0) is 19.3 Å². The summed E-state index contributed by atoms with van der Waals surface area (Å²) in [6.45, 7) is 0. The summed E-state index contributed by atoms with van der Waals surface area (Å²) in [6.07, 6.45) is 5.75. The molecule has 2 aromatic heterocycles. The van der Waals surface area contributed by atoms with Crippen LogP contribution in [0.25, 0.3) is 5.65 Å². The van der Waals surface area contributed by atoms with Crippen molar-refractivity contribution in [3.8, 4) is 5.75 Å². The smallest absolute Gasteiger partial charge is 0.343 e. The summed E-state index contributed by atoms with van der Waals surface area (Å²) in [4.78, 5) is 11.9. The Bertz CT molecular complexity index is 697. The molecule has 1 saturated carbocycles. The molecular formula is C15H20N4O3. The zero-order valence-corrected chi connectivity index (χ0v) is 12.8. The van der Waals surface area contributed by atoms with E-state index in [1.807, 2.05) is 4.40 Å². The Balaban J connectivity index is 2.07. The van der Waals surface area contributed by atoms with Gasteiger partial charge in [-0.15, -0.1) is 10.2 Å². The van der Waals surface area contributed by atoms with Gasteiger partial charge >= 0.3 is 5.97 Å². The van der Waals surface area contributed by atoms with Crippen LogP contribution in [0.4, 0.5) is 0 Å². The Kier molecular flexibility index (Phi) is 3.98. The van der Waals surface area contributed by atoms with Crippen LogP contribution in [0.3, 0.4) is 0 Å². The Morgan fingerprint density at radius 2 is 2.18 bits per heavy atom. The number of nitrogens with two attached hydrogens (primary N) is 1. The minimum absolute atomic E-state index is 0.199. The Morgan fingerprint density at radius 1 is 1.36 bits per heavy atom. The largest absolute Gasteiger partial charge is 0.496 e. The fourth-order valence-electron chi connectivity index (χ4n) is 3.11. The molecule has 0 amide bonds. The second-order valence-electron chi connectivity index (χ2n) is 5.66. The van der Waals surface area contributed by atoms with E-state index in [2.05, 4.69) is 10.2 Å². The van der Waals surface area contributed by atoms with E-state index in [1.54, 1.807) is 12.3 Å². The molecule has 3 rings (SSSR count). The van der Waals surface area contributed by atoms with Crippen molar-refractivity contribution in [3.63, 3.8) is 0 Å². The Labute approximate surface area is 128 Å². The van der Waals surface area contributed by atoms with Crippen molar-refractivity contribution in [2.45, 2.75) is 37.6 Å². The number of fused-ring (bicyclic) bond motifs is 1. The van der Waals surface area contributed by atoms with Crippen LogP contribution in [-0.4, -0.2) is 40.8 Å². The SMILES string of the molecule is COC(=O)c1cn2c([C@H]3CCC[C@@H](N)C3)nnc2cc1OC.